The number of carbonyl (C=O) groups is 2. The molecule has 0 amide bonds. The van der Waals surface area contributed by atoms with E-state index in [4.69, 9.17) is 19.7 Å². The Morgan fingerprint density at radius 1 is 0.806 bits per heavy atom. The molecule has 167 valence electrons. The van der Waals surface area contributed by atoms with Crippen LogP contribution in [0.25, 0.3) is 0 Å². The molecule has 0 aliphatic heterocycles. The van der Waals surface area contributed by atoms with Crippen molar-refractivity contribution in [3.05, 3.63) is 82.3 Å². The molecule has 0 heterocycles. The second-order valence-electron chi connectivity index (χ2n) is 7.09. The predicted molar refractivity (Wildman–Crippen MR) is 113 cm³/mol. The number of carbonyl (C=O) groups excluding carboxylic acids is 2. The van der Waals surface area contributed by atoms with E-state index in [0.717, 1.165) is 52.7 Å². The summed E-state index contributed by atoms with van der Waals surface area (Å²) in [5.74, 6) is 1.47. The Bertz CT molecular complexity index is 1040. The number of methoxy groups -OCH3 is 2. The summed E-state index contributed by atoms with van der Waals surface area (Å²) in [6.45, 7) is 0. The van der Waals surface area contributed by atoms with Crippen molar-refractivity contribution in [1.82, 2.24) is 0 Å². The van der Waals surface area contributed by atoms with E-state index in [-0.39, 0.29) is 28.6 Å². The smallest absolute Gasteiger partial charge is 0.192 e. The average molecular weight is 472 g/mol. The molecule has 0 unspecified atom stereocenters. The van der Waals surface area contributed by atoms with Crippen LogP contribution in [0.15, 0.2) is 60.1 Å². The zero-order valence-electron chi connectivity index (χ0n) is 17.3. The maximum Gasteiger partial charge on any atom is 0.192 e. The van der Waals surface area contributed by atoms with E-state index in [1.54, 1.807) is 38.5 Å². The number of benzene rings is 2. The number of hydrogen-bond acceptors (Lipinski definition) is 6. The van der Waals surface area contributed by atoms with Crippen LogP contribution in [-0.4, -0.2) is 36.0 Å². The molecule has 6 nitrogen and oxygen atoms in total. The van der Waals surface area contributed by atoms with Gasteiger partial charge in [0.1, 0.15) is 11.5 Å². The van der Waals surface area contributed by atoms with E-state index < -0.39 is 0 Å². The van der Waals surface area contributed by atoms with Gasteiger partial charge >= 0.3 is 0 Å². The second-order valence-corrected chi connectivity index (χ2v) is 7.09. The van der Waals surface area contributed by atoms with Gasteiger partial charge in [-0.25, -0.2) is 0 Å². The van der Waals surface area contributed by atoms with Gasteiger partial charge in [0.25, 0.3) is 0 Å². The molecule has 0 fully saturated rings. The zero-order valence-corrected chi connectivity index (χ0v) is 18.2. The van der Waals surface area contributed by atoms with Crippen LogP contribution in [0.3, 0.4) is 0 Å². The molecule has 4 rings (SSSR count). The minimum Gasteiger partial charge on any atom is -0.516 e. The molecule has 2 aliphatic rings. The third kappa shape index (κ3) is 5.37. The molecule has 0 spiro atoms. The largest absolute Gasteiger partial charge is 0.516 e. The molecule has 0 saturated carbocycles. The summed E-state index contributed by atoms with van der Waals surface area (Å²) < 4.78 is 10.2. The topological polar surface area (TPSA) is 93.1 Å². The van der Waals surface area contributed by atoms with Crippen LogP contribution in [0.1, 0.15) is 44.7 Å². The van der Waals surface area contributed by atoms with Gasteiger partial charge in [-0.1, -0.05) is 0 Å². The number of aliphatic hydroxyl groups excluding tert-OH is 2. The Morgan fingerprint density at radius 2 is 1.42 bits per heavy atom. The Hall–Kier alpha value is -3.02. The van der Waals surface area contributed by atoms with Gasteiger partial charge in [0.15, 0.2) is 11.6 Å². The number of ether oxygens (including phenoxy) is 2. The van der Waals surface area contributed by atoms with E-state index >= 15 is 0 Å². The Kier molecular flexibility index (Phi) is 8.48. The van der Waals surface area contributed by atoms with Gasteiger partial charge in [-0.15, -0.1) is 0 Å². The quantitative estimate of drug-likeness (QED) is 0.379. The van der Waals surface area contributed by atoms with Crippen molar-refractivity contribution in [1.29, 1.82) is 0 Å². The van der Waals surface area contributed by atoms with Gasteiger partial charge in [-0.2, -0.15) is 0 Å². The summed E-state index contributed by atoms with van der Waals surface area (Å²) in [6, 6.07) is 10.8. The van der Waals surface area contributed by atoms with Crippen LogP contribution in [0, 0.1) is 0 Å². The van der Waals surface area contributed by atoms with Crippen molar-refractivity contribution in [3.63, 3.8) is 0 Å². The molecular weight excluding hydrogens is 448 g/mol. The van der Waals surface area contributed by atoms with Crippen LogP contribution in [0.4, 0.5) is 0 Å². The molecule has 2 aliphatic carbocycles. The molecule has 0 bridgehead atoms. The number of allylic oxidation sites excluding steroid dienone is 2. The first kappa shape index (κ1) is 24.3. The van der Waals surface area contributed by atoms with Crippen LogP contribution in [0.5, 0.6) is 11.5 Å². The zero-order chi connectivity index (χ0) is 21.7. The van der Waals surface area contributed by atoms with Crippen LogP contribution in [0.2, 0.25) is 0 Å². The third-order valence-corrected chi connectivity index (χ3v) is 5.27. The summed E-state index contributed by atoms with van der Waals surface area (Å²) in [7, 11) is 3.20. The minimum atomic E-state index is -0.0820. The van der Waals surface area contributed by atoms with Crippen molar-refractivity contribution in [2.75, 3.05) is 14.2 Å². The number of ketones is 2. The van der Waals surface area contributed by atoms with E-state index in [1.165, 1.54) is 0 Å². The summed E-state index contributed by atoms with van der Waals surface area (Å²) in [5, 5.41) is 17.8. The Balaban J connectivity index is 0.000000213. The second kappa shape index (κ2) is 10.8. The Labute approximate surface area is 191 Å². The van der Waals surface area contributed by atoms with E-state index in [9.17, 15) is 9.59 Å². The first-order valence-corrected chi connectivity index (χ1v) is 9.57. The summed E-state index contributed by atoms with van der Waals surface area (Å²) in [5.41, 5.74) is 4.55. The normalized spacial score (nSPS) is 17.1. The number of aryl methyl sites for hydroxylation is 1. The molecule has 1 radical (unpaired) electrons. The molecule has 7 heteroatoms. The Morgan fingerprint density at radius 3 is 2.00 bits per heavy atom. The van der Waals surface area contributed by atoms with Gasteiger partial charge in [-0.3, -0.25) is 9.59 Å². The SMILES string of the molecule is COc1ccc2c(c1)CC(=CO)CC2=O.COc1ccc2c(c1)CC/C(=C/O)C2=O.[Cu]. The molecule has 2 aromatic carbocycles. The third-order valence-electron chi connectivity index (χ3n) is 5.27. The number of aliphatic hydroxyl groups is 2. The van der Waals surface area contributed by atoms with Crippen molar-refractivity contribution in [2.45, 2.75) is 25.7 Å². The average Bonchev–Trinajstić information content (AvgIpc) is 2.79. The molecule has 0 atom stereocenters. The molecule has 0 saturated heterocycles. The minimum absolute atomic E-state index is 0. The summed E-state index contributed by atoms with van der Waals surface area (Å²) in [4.78, 5) is 23.4. The maximum atomic E-state index is 11.8. The monoisotopic (exact) mass is 471 g/mol. The van der Waals surface area contributed by atoms with Crippen LogP contribution in [-0.2, 0) is 29.9 Å². The van der Waals surface area contributed by atoms with Crippen molar-refractivity contribution >= 4 is 11.6 Å². The van der Waals surface area contributed by atoms with Crippen LogP contribution >= 0.6 is 0 Å². The van der Waals surface area contributed by atoms with Crippen molar-refractivity contribution in [3.8, 4) is 11.5 Å². The first-order chi connectivity index (χ1) is 14.5. The summed E-state index contributed by atoms with van der Waals surface area (Å²) >= 11 is 0. The first-order valence-electron chi connectivity index (χ1n) is 9.57. The number of rotatable bonds is 2. The van der Waals surface area contributed by atoms with Gasteiger partial charge in [0, 0.05) is 40.2 Å². The van der Waals surface area contributed by atoms with Gasteiger partial charge < -0.3 is 19.7 Å². The van der Waals surface area contributed by atoms with Gasteiger partial charge in [0.2, 0.25) is 0 Å². The van der Waals surface area contributed by atoms with Crippen molar-refractivity contribution < 1.29 is 46.3 Å². The molecular formula is C24H24CuO6. The van der Waals surface area contributed by atoms with E-state index in [2.05, 4.69) is 0 Å². The van der Waals surface area contributed by atoms with Crippen LogP contribution < -0.4 is 9.47 Å². The van der Waals surface area contributed by atoms with E-state index in [1.807, 2.05) is 12.1 Å². The van der Waals surface area contributed by atoms with Gasteiger partial charge in [0.05, 0.1) is 26.7 Å². The number of hydrogen-bond donors (Lipinski definition) is 2. The maximum absolute atomic E-state index is 11.8. The fourth-order valence-electron chi connectivity index (χ4n) is 3.62. The number of fused-ring (bicyclic) bond motifs is 2. The standard InChI is InChI=1S/2C12H12O3.Cu/c1-15-10-2-3-11-9(6-10)4-8(7-13)5-12(11)14;1-15-10-4-5-11-8(6-10)2-3-9(7-13)12(11)14;/h2-3,6-7,13H,4-5H2,1H3;4-7,13H,2-3H2,1H3;/b;9-7-;. The van der Waals surface area contributed by atoms with E-state index in [0.29, 0.717) is 30.4 Å². The summed E-state index contributed by atoms with van der Waals surface area (Å²) in [6.07, 6.45) is 4.24. The number of Topliss-reactive ketones (excluding diaryl/α,β-unsaturated/α-hetero) is 2. The molecule has 2 N–H and O–H groups in total. The molecule has 2 aromatic rings. The molecule has 31 heavy (non-hydrogen) atoms. The van der Waals surface area contributed by atoms with Gasteiger partial charge in [-0.05, 0) is 72.4 Å². The fraction of sp³-hybridized carbons (Fsp3) is 0.250. The fourth-order valence-corrected chi connectivity index (χ4v) is 3.62. The molecule has 0 aromatic heterocycles. The van der Waals surface area contributed by atoms with Crippen molar-refractivity contribution in [2.24, 2.45) is 0 Å². The predicted octanol–water partition coefficient (Wildman–Crippen LogP) is 4.53.